The third-order valence-electron chi connectivity index (χ3n) is 4.95. The summed E-state index contributed by atoms with van der Waals surface area (Å²) in [5.74, 6) is -0.0947. The van der Waals surface area contributed by atoms with E-state index >= 15 is 0 Å². The summed E-state index contributed by atoms with van der Waals surface area (Å²) in [5, 5.41) is 2.84. The van der Waals surface area contributed by atoms with Gasteiger partial charge in [0.15, 0.2) is 0 Å². The lowest BCUT2D eigenvalue weighted by molar-refractivity contribution is 0.0941. The van der Waals surface area contributed by atoms with E-state index in [0.29, 0.717) is 43.7 Å². The highest BCUT2D eigenvalue weighted by Gasteiger charge is 2.25. The molecule has 1 aromatic heterocycles. The largest absolute Gasteiger partial charge is 0.352 e. The second-order valence-corrected chi connectivity index (χ2v) is 10.8. The van der Waals surface area contributed by atoms with Crippen molar-refractivity contribution < 1.29 is 21.6 Å². The molecule has 0 radical (unpaired) electrons. The third-order valence-corrected chi connectivity index (χ3v) is 7.65. The number of piperidine rings is 1. The van der Waals surface area contributed by atoms with Crippen molar-refractivity contribution in [3.05, 3.63) is 54.4 Å². The average molecular weight is 453 g/mol. The van der Waals surface area contributed by atoms with E-state index in [0.717, 1.165) is 0 Å². The number of hydrogen-bond donors (Lipinski definition) is 2. The molecule has 1 aromatic carbocycles. The van der Waals surface area contributed by atoms with Crippen molar-refractivity contribution in [2.45, 2.75) is 17.7 Å². The monoisotopic (exact) mass is 452 g/mol. The Hall–Kier alpha value is -2.50. The molecule has 0 bridgehead atoms. The van der Waals surface area contributed by atoms with Crippen molar-refractivity contribution in [3.8, 4) is 0 Å². The minimum Gasteiger partial charge on any atom is -0.352 e. The molecular formula is C19H24N4O5S2. The molecule has 1 amide bonds. The predicted molar refractivity (Wildman–Crippen MR) is 113 cm³/mol. The van der Waals surface area contributed by atoms with Gasteiger partial charge in [0.2, 0.25) is 10.0 Å². The zero-order valence-electron chi connectivity index (χ0n) is 16.5. The molecule has 1 fully saturated rings. The van der Waals surface area contributed by atoms with Crippen LogP contribution in [-0.2, 0) is 20.0 Å². The number of hydrogen-bond acceptors (Lipinski definition) is 6. The summed E-state index contributed by atoms with van der Waals surface area (Å²) in [6.07, 6.45) is 5.54. The number of carbonyl (C=O) groups is 1. The van der Waals surface area contributed by atoms with Gasteiger partial charge in [-0.2, -0.15) is 0 Å². The maximum Gasteiger partial charge on any atom is 0.261 e. The molecule has 162 valence electrons. The smallest absolute Gasteiger partial charge is 0.261 e. The number of anilines is 1. The van der Waals surface area contributed by atoms with Crippen LogP contribution in [0.25, 0.3) is 0 Å². The van der Waals surface area contributed by atoms with Crippen LogP contribution in [0.15, 0.2) is 53.7 Å². The molecule has 0 atom stereocenters. The topological polar surface area (TPSA) is 126 Å². The Kier molecular flexibility index (Phi) is 6.74. The number of aromatic nitrogens is 1. The SMILES string of the molecule is CS(=O)(=O)N1CCC(CNC(=O)c2ccc(S(=O)(=O)Nc3ccncc3)cc2)CC1. The number of nitrogens with one attached hydrogen (secondary N) is 2. The number of amides is 1. The predicted octanol–water partition coefficient (Wildman–Crippen LogP) is 1.28. The summed E-state index contributed by atoms with van der Waals surface area (Å²) in [4.78, 5) is 16.3. The lowest BCUT2D eigenvalue weighted by Crippen LogP contribution is -2.41. The number of carbonyl (C=O) groups excluding carboxylic acids is 1. The third kappa shape index (κ3) is 5.77. The van der Waals surface area contributed by atoms with Crippen LogP contribution in [0.3, 0.4) is 0 Å². The summed E-state index contributed by atoms with van der Waals surface area (Å²) in [7, 11) is -6.94. The van der Waals surface area contributed by atoms with Gasteiger partial charge in [-0.3, -0.25) is 14.5 Å². The summed E-state index contributed by atoms with van der Waals surface area (Å²) in [6.45, 7) is 1.35. The molecule has 11 heteroatoms. The van der Waals surface area contributed by atoms with E-state index in [-0.39, 0.29) is 16.7 Å². The molecule has 3 rings (SSSR count). The van der Waals surface area contributed by atoms with E-state index in [1.54, 1.807) is 12.1 Å². The first-order valence-corrected chi connectivity index (χ1v) is 12.7. The van der Waals surface area contributed by atoms with Gasteiger partial charge in [0.1, 0.15) is 0 Å². The van der Waals surface area contributed by atoms with Gasteiger partial charge in [0.25, 0.3) is 15.9 Å². The number of benzene rings is 1. The molecule has 1 saturated heterocycles. The molecule has 1 aliphatic rings. The van der Waals surface area contributed by atoms with E-state index < -0.39 is 20.0 Å². The van der Waals surface area contributed by atoms with Crippen LogP contribution in [-0.4, -0.2) is 57.9 Å². The number of pyridine rings is 1. The zero-order chi connectivity index (χ0) is 21.8. The highest BCUT2D eigenvalue weighted by molar-refractivity contribution is 7.92. The van der Waals surface area contributed by atoms with Crippen LogP contribution in [0.4, 0.5) is 5.69 Å². The quantitative estimate of drug-likeness (QED) is 0.652. The van der Waals surface area contributed by atoms with Crippen LogP contribution < -0.4 is 10.0 Å². The van der Waals surface area contributed by atoms with Crippen LogP contribution in [0.1, 0.15) is 23.2 Å². The van der Waals surface area contributed by atoms with E-state index in [2.05, 4.69) is 15.0 Å². The molecule has 0 saturated carbocycles. The van der Waals surface area contributed by atoms with Gasteiger partial charge < -0.3 is 5.32 Å². The normalized spacial score (nSPS) is 16.2. The molecule has 2 heterocycles. The van der Waals surface area contributed by atoms with Gasteiger partial charge in [0.05, 0.1) is 16.8 Å². The van der Waals surface area contributed by atoms with E-state index in [1.165, 1.54) is 47.2 Å². The summed E-state index contributed by atoms with van der Waals surface area (Å²) in [6, 6.07) is 8.76. The fourth-order valence-corrected chi connectivity index (χ4v) is 5.14. The molecule has 0 unspecified atom stereocenters. The van der Waals surface area contributed by atoms with Gasteiger partial charge in [-0.25, -0.2) is 21.1 Å². The van der Waals surface area contributed by atoms with Crippen molar-refractivity contribution in [2.75, 3.05) is 30.6 Å². The van der Waals surface area contributed by atoms with E-state index in [1.807, 2.05) is 0 Å². The van der Waals surface area contributed by atoms with Crippen LogP contribution >= 0.6 is 0 Å². The maximum absolute atomic E-state index is 12.4. The highest BCUT2D eigenvalue weighted by atomic mass is 32.2. The van der Waals surface area contributed by atoms with Crippen LogP contribution in [0, 0.1) is 5.92 Å². The fourth-order valence-electron chi connectivity index (χ4n) is 3.20. The van der Waals surface area contributed by atoms with Crippen molar-refractivity contribution in [3.63, 3.8) is 0 Å². The minimum atomic E-state index is -3.77. The Labute approximate surface area is 176 Å². The summed E-state index contributed by atoms with van der Waals surface area (Å²) in [5.41, 5.74) is 0.750. The Bertz CT molecular complexity index is 1080. The Balaban J connectivity index is 1.54. The first kappa shape index (κ1) is 22.2. The Morgan fingerprint density at radius 2 is 1.63 bits per heavy atom. The number of sulfonamides is 2. The van der Waals surface area contributed by atoms with Crippen LogP contribution in [0.5, 0.6) is 0 Å². The van der Waals surface area contributed by atoms with Crippen molar-refractivity contribution >= 4 is 31.6 Å². The lowest BCUT2D eigenvalue weighted by atomic mass is 9.98. The molecular weight excluding hydrogens is 428 g/mol. The van der Waals surface area contributed by atoms with Crippen LogP contribution in [0.2, 0.25) is 0 Å². The van der Waals surface area contributed by atoms with Crippen molar-refractivity contribution in [1.82, 2.24) is 14.6 Å². The van der Waals surface area contributed by atoms with Gasteiger partial charge in [-0.1, -0.05) is 0 Å². The lowest BCUT2D eigenvalue weighted by Gasteiger charge is -2.30. The van der Waals surface area contributed by atoms with Crippen molar-refractivity contribution in [2.24, 2.45) is 5.92 Å². The Morgan fingerprint density at radius 1 is 1.03 bits per heavy atom. The molecule has 1 aliphatic heterocycles. The molecule has 2 aromatic rings. The highest BCUT2D eigenvalue weighted by Crippen LogP contribution is 2.19. The molecule has 0 spiro atoms. The maximum atomic E-state index is 12.4. The minimum absolute atomic E-state index is 0.0454. The molecule has 2 N–H and O–H groups in total. The van der Waals surface area contributed by atoms with Gasteiger partial charge >= 0.3 is 0 Å². The van der Waals surface area contributed by atoms with E-state index in [4.69, 9.17) is 0 Å². The second-order valence-electron chi connectivity index (χ2n) is 7.18. The zero-order valence-corrected chi connectivity index (χ0v) is 18.1. The average Bonchev–Trinajstić information content (AvgIpc) is 2.72. The summed E-state index contributed by atoms with van der Waals surface area (Å²) < 4.78 is 51.9. The van der Waals surface area contributed by atoms with Gasteiger partial charge in [0, 0.05) is 37.6 Å². The van der Waals surface area contributed by atoms with Gasteiger partial charge in [-0.15, -0.1) is 0 Å². The Morgan fingerprint density at radius 3 is 2.20 bits per heavy atom. The number of rotatable bonds is 7. The summed E-state index contributed by atoms with van der Waals surface area (Å²) >= 11 is 0. The van der Waals surface area contributed by atoms with Gasteiger partial charge in [-0.05, 0) is 55.2 Å². The number of nitrogens with zero attached hydrogens (tertiary/aromatic N) is 2. The second kappa shape index (κ2) is 9.11. The first-order valence-electron chi connectivity index (χ1n) is 9.41. The molecule has 0 aliphatic carbocycles. The van der Waals surface area contributed by atoms with Crippen molar-refractivity contribution in [1.29, 1.82) is 0 Å². The molecule has 9 nitrogen and oxygen atoms in total. The first-order chi connectivity index (χ1) is 14.1. The van der Waals surface area contributed by atoms with E-state index in [9.17, 15) is 21.6 Å². The fraction of sp³-hybridized carbons (Fsp3) is 0.368. The molecule has 30 heavy (non-hydrogen) atoms. The standard InChI is InChI=1S/C19H24N4O5S2/c1-29(25,26)23-12-8-15(9-13-23)14-21-19(24)16-2-4-18(5-3-16)30(27,28)22-17-6-10-20-11-7-17/h2-7,10-11,15H,8-9,12-14H2,1H3,(H,20,22)(H,21,24).